The van der Waals surface area contributed by atoms with Crippen LogP contribution in [0.15, 0.2) is 59.0 Å². The lowest BCUT2D eigenvalue weighted by molar-refractivity contribution is 0.0344. The Hall–Kier alpha value is -2.70. The number of furan rings is 1. The molecule has 0 aliphatic rings. The lowest BCUT2D eigenvalue weighted by Gasteiger charge is -2.20. The molecule has 2 N–H and O–H groups in total. The molecule has 2 aromatic carbocycles. The van der Waals surface area contributed by atoms with Crippen molar-refractivity contribution in [3.05, 3.63) is 65.4 Å². The summed E-state index contributed by atoms with van der Waals surface area (Å²) in [4.78, 5) is 16.7. The Kier molecular flexibility index (Phi) is 3.78. The summed E-state index contributed by atoms with van der Waals surface area (Å²) in [5.41, 5.74) is 0.183. The number of hydrogen-bond donors (Lipinski definition) is 2. The van der Waals surface area contributed by atoms with E-state index >= 15 is 0 Å². The van der Waals surface area contributed by atoms with Crippen LogP contribution in [0.25, 0.3) is 21.2 Å². The predicted molar refractivity (Wildman–Crippen MR) is 97.7 cm³/mol. The molecule has 0 bridgehead atoms. The summed E-state index contributed by atoms with van der Waals surface area (Å²) in [6.45, 7) is 1.64. The number of carbonyl (C=O) groups excluding carboxylic acids is 1. The van der Waals surface area contributed by atoms with Crippen LogP contribution in [0.1, 0.15) is 22.5 Å². The van der Waals surface area contributed by atoms with Gasteiger partial charge in [-0.15, -0.1) is 11.3 Å². The second-order valence-electron chi connectivity index (χ2n) is 6.09. The van der Waals surface area contributed by atoms with Crippen molar-refractivity contribution >= 4 is 38.4 Å². The minimum absolute atomic E-state index is 0.0293. The molecule has 4 aromatic rings. The molecule has 6 heteroatoms. The quantitative estimate of drug-likeness (QED) is 0.587. The van der Waals surface area contributed by atoms with Crippen LogP contribution < -0.4 is 5.32 Å². The molecule has 0 unspecified atom stereocenters. The lowest BCUT2D eigenvalue weighted by atomic mass is 10.0. The van der Waals surface area contributed by atoms with Gasteiger partial charge in [-0.1, -0.05) is 30.3 Å². The Bertz CT molecular complexity index is 999. The zero-order valence-electron chi connectivity index (χ0n) is 13.5. The molecule has 4 rings (SSSR count). The summed E-state index contributed by atoms with van der Waals surface area (Å²) in [5, 5.41) is 14.7. The van der Waals surface area contributed by atoms with E-state index in [1.807, 2.05) is 48.5 Å². The van der Waals surface area contributed by atoms with Gasteiger partial charge in [0.05, 0.1) is 16.8 Å². The Morgan fingerprint density at radius 2 is 2.00 bits per heavy atom. The van der Waals surface area contributed by atoms with Crippen LogP contribution in [0.2, 0.25) is 0 Å². The Morgan fingerprint density at radius 1 is 1.24 bits per heavy atom. The first-order valence-corrected chi connectivity index (χ1v) is 8.70. The van der Waals surface area contributed by atoms with E-state index in [2.05, 4.69) is 10.3 Å². The van der Waals surface area contributed by atoms with E-state index in [0.29, 0.717) is 16.4 Å². The van der Waals surface area contributed by atoms with E-state index in [4.69, 9.17) is 4.42 Å². The summed E-state index contributed by atoms with van der Waals surface area (Å²) >= 11 is 1.33. The zero-order chi connectivity index (χ0) is 17.4. The summed E-state index contributed by atoms with van der Waals surface area (Å²) in [6, 6.07) is 16.9. The minimum Gasteiger partial charge on any atom is -0.458 e. The van der Waals surface area contributed by atoms with Gasteiger partial charge in [0.2, 0.25) is 0 Å². The van der Waals surface area contributed by atoms with Crippen LogP contribution in [-0.4, -0.2) is 22.5 Å². The highest BCUT2D eigenvalue weighted by Gasteiger charge is 2.28. The average Bonchev–Trinajstić information content (AvgIpc) is 3.23. The van der Waals surface area contributed by atoms with Crippen molar-refractivity contribution in [3.63, 3.8) is 0 Å². The molecule has 25 heavy (non-hydrogen) atoms. The molecule has 5 nitrogen and oxygen atoms in total. The molecule has 1 amide bonds. The number of nitrogens with zero attached hydrogens (tertiary/aromatic N) is 1. The first-order valence-electron chi connectivity index (χ1n) is 7.88. The van der Waals surface area contributed by atoms with Crippen LogP contribution in [0.5, 0.6) is 0 Å². The number of nitrogens with one attached hydrogen (secondary N) is 1. The van der Waals surface area contributed by atoms with Gasteiger partial charge in [-0.25, -0.2) is 4.98 Å². The molecule has 0 fully saturated rings. The minimum atomic E-state index is -1.31. The van der Waals surface area contributed by atoms with Crippen LogP contribution in [-0.2, 0) is 5.60 Å². The van der Waals surface area contributed by atoms with Crippen LogP contribution in [0.4, 0.5) is 0 Å². The number of hydrogen-bond acceptors (Lipinski definition) is 5. The summed E-state index contributed by atoms with van der Waals surface area (Å²) in [5.74, 6) is 0.107. The second-order valence-corrected chi connectivity index (χ2v) is 7.12. The van der Waals surface area contributed by atoms with E-state index in [1.54, 1.807) is 13.0 Å². The topological polar surface area (TPSA) is 75.4 Å². The fourth-order valence-corrected chi connectivity index (χ4v) is 3.51. The van der Waals surface area contributed by atoms with Crippen molar-refractivity contribution in [2.24, 2.45) is 0 Å². The summed E-state index contributed by atoms with van der Waals surface area (Å²) in [7, 11) is 0. The maximum atomic E-state index is 12.4. The van der Waals surface area contributed by atoms with E-state index in [9.17, 15) is 9.90 Å². The number of amides is 1. The number of aliphatic hydroxyl groups is 1. The molecule has 2 heterocycles. The molecular weight excluding hydrogens is 336 g/mol. The van der Waals surface area contributed by atoms with Gasteiger partial charge >= 0.3 is 0 Å². The lowest BCUT2D eigenvalue weighted by Crippen LogP contribution is -2.38. The van der Waals surface area contributed by atoms with Crippen molar-refractivity contribution in [2.45, 2.75) is 12.5 Å². The van der Waals surface area contributed by atoms with Crippen LogP contribution in [0.3, 0.4) is 0 Å². The monoisotopic (exact) mass is 352 g/mol. The van der Waals surface area contributed by atoms with Gasteiger partial charge in [0.1, 0.15) is 16.9 Å². The number of aromatic nitrogens is 1. The number of rotatable bonds is 4. The van der Waals surface area contributed by atoms with E-state index < -0.39 is 5.60 Å². The second kappa shape index (κ2) is 5.98. The Balaban J connectivity index is 1.51. The molecule has 0 radical (unpaired) electrons. The van der Waals surface area contributed by atoms with Crippen molar-refractivity contribution in [2.75, 3.05) is 6.54 Å². The predicted octanol–water partition coefficient (Wildman–Crippen LogP) is 3.68. The van der Waals surface area contributed by atoms with Gasteiger partial charge in [0.25, 0.3) is 5.91 Å². The van der Waals surface area contributed by atoms with Crippen LogP contribution >= 0.6 is 11.3 Å². The third kappa shape index (κ3) is 3.01. The largest absolute Gasteiger partial charge is 0.458 e. The van der Waals surface area contributed by atoms with Crippen LogP contribution in [0, 0.1) is 0 Å². The van der Waals surface area contributed by atoms with Crippen molar-refractivity contribution in [1.29, 1.82) is 0 Å². The number of thiazole rings is 1. The Labute approximate surface area is 147 Å². The number of fused-ring (bicyclic) bond motifs is 2. The van der Waals surface area contributed by atoms with Crippen molar-refractivity contribution in [3.8, 4) is 0 Å². The SMILES string of the molecule is C[C@@](O)(CNC(=O)c1nc2ccccc2s1)c1cc2ccccc2o1. The van der Waals surface area contributed by atoms with Gasteiger partial charge in [-0.3, -0.25) is 4.79 Å². The number of benzene rings is 2. The molecule has 0 saturated carbocycles. The average molecular weight is 352 g/mol. The molecule has 0 spiro atoms. The molecule has 0 saturated heterocycles. The highest BCUT2D eigenvalue weighted by Crippen LogP contribution is 2.28. The van der Waals surface area contributed by atoms with Gasteiger partial charge < -0.3 is 14.8 Å². The molecule has 0 aliphatic heterocycles. The summed E-state index contributed by atoms with van der Waals surface area (Å²) < 4.78 is 6.66. The van der Waals surface area contributed by atoms with E-state index in [0.717, 1.165) is 15.6 Å². The highest BCUT2D eigenvalue weighted by atomic mass is 32.1. The van der Waals surface area contributed by atoms with Gasteiger partial charge in [-0.05, 0) is 31.2 Å². The number of para-hydroxylation sites is 2. The maximum absolute atomic E-state index is 12.4. The molecule has 126 valence electrons. The third-order valence-electron chi connectivity index (χ3n) is 4.04. The summed E-state index contributed by atoms with van der Waals surface area (Å²) in [6.07, 6.45) is 0. The van der Waals surface area contributed by atoms with E-state index in [-0.39, 0.29) is 12.5 Å². The van der Waals surface area contributed by atoms with E-state index in [1.165, 1.54) is 11.3 Å². The van der Waals surface area contributed by atoms with Crippen molar-refractivity contribution in [1.82, 2.24) is 10.3 Å². The highest BCUT2D eigenvalue weighted by molar-refractivity contribution is 7.20. The molecule has 1 atom stereocenters. The number of carbonyl (C=O) groups is 1. The van der Waals surface area contributed by atoms with Gasteiger partial charge in [-0.2, -0.15) is 0 Å². The van der Waals surface area contributed by atoms with Gasteiger partial charge in [0, 0.05) is 5.39 Å². The fourth-order valence-electron chi connectivity index (χ4n) is 2.63. The standard InChI is InChI=1S/C19H16N2O3S/c1-19(23,16-10-12-6-2-4-8-14(12)24-16)11-20-17(22)18-21-13-7-3-5-9-15(13)25-18/h2-10,23H,11H2,1H3,(H,20,22)/t19-/m1/s1. The normalized spacial score (nSPS) is 13.8. The first-order chi connectivity index (χ1) is 12.0. The smallest absolute Gasteiger partial charge is 0.280 e. The maximum Gasteiger partial charge on any atom is 0.280 e. The first kappa shape index (κ1) is 15.8. The van der Waals surface area contributed by atoms with Gasteiger partial charge in [0.15, 0.2) is 5.01 Å². The zero-order valence-corrected chi connectivity index (χ0v) is 14.3. The molecule has 2 aromatic heterocycles. The Morgan fingerprint density at radius 3 is 2.80 bits per heavy atom. The molecule has 0 aliphatic carbocycles. The molecular formula is C19H16N2O3S. The third-order valence-corrected chi connectivity index (χ3v) is 5.07. The fraction of sp³-hybridized carbons (Fsp3) is 0.158. The van der Waals surface area contributed by atoms with Crippen molar-refractivity contribution < 1.29 is 14.3 Å².